The Morgan fingerprint density at radius 2 is 2.21 bits per heavy atom. The molecule has 0 spiro atoms. The summed E-state index contributed by atoms with van der Waals surface area (Å²) in [6.07, 6.45) is 3.73. The molecule has 1 aromatic heterocycles. The number of aliphatic hydroxyl groups is 1. The maximum atomic E-state index is 9.45. The first kappa shape index (κ1) is 10.7. The Hall–Kier alpha value is -1.36. The zero-order valence-corrected chi connectivity index (χ0v) is 8.49. The van der Waals surface area contributed by atoms with Gasteiger partial charge in [-0.15, -0.1) is 0 Å². The van der Waals surface area contributed by atoms with E-state index in [1.54, 1.807) is 20.0 Å². The zero-order valence-electron chi connectivity index (χ0n) is 8.49. The Kier molecular flexibility index (Phi) is 3.24. The minimum Gasteiger partial charge on any atom is -0.390 e. The van der Waals surface area contributed by atoms with Crippen molar-refractivity contribution < 1.29 is 5.11 Å². The van der Waals surface area contributed by atoms with Gasteiger partial charge in [0.2, 0.25) is 0 Å². The molecule has 0 unspecified atom stereocenters. The Morgan fingerprint density at radius 1 is 1.50 bits per heavy atom. The van der Waals surface area contributed by atoms with Crippen molar-refractivity contribution in [3.8, 4) is 0 Å². The van der Waals surface area contributed by atoms with Crippen molar-refractivity contribution in [2.24, 2.45) is 0 Å². The van der Waals surface area contributed by atoms with E-state index in [1.807, 2.05) is 0 Å². The highest BCUT2D eigenvalue weighted by molar-refractivity contribution is 5.38. The average molecular weight is 196 g/mol. The largest absolute Gasteiger partial charge is 0.390 e. The summed E-state index contributed by atoms with van der Waals surface area (Å²) >= 11 is 0. The lowest BCUT2D eigenvalue weighted by molar-refractivity contribution is 0.0748. The fraction of sp³-hybridized carbons (Fsp3) is 0.556. The molecular weight excluding hydrogens is 180 g/mol. The average Bonchev–Trinajstić information content (AvgIpc) is 2.01. The lowest BCUT2D eigenvalue weighted by Gasteiger charge is -2.16. The number of nitrogen functional groups attached to an aromatic ring is 1. The van der Waals surface area contributed by atoms with Gasteiger partial charge in [-0.1, -0.05) is 0 Å². The minimum atomic E-state index is -0.666. The SMILES string of the molecule is CC(C)(O)CCNc1cncc(N)n1. The summed E-state index contributed by atoms with van der Waals surface area (Å²) in [6, 6.07) is 0. The van der Waals surface area contributed by atoms with Crippen LogP contribution < -0.4 is 11.1 Å². The number of nitrogens with one attached hydrogen (secondary N) is 1. The van der Waals surface area contributed by atoms with Gasteiger partial charge in [-0.05, 0) is 20.3 Å². The van der Waals surface area contributed by atoms with Gasteiger partial charge in [-0.2, -0.15) is 0 Å². The van der Waals surface area contributed by atoms with Crippen molar-refractivity contribution in [3.05, 3.63) is 12.4 Å². The van der Waals surface area contributed by atoms with Crippen molar-refractivity contribution >= 4 is 11.6 Å². The Balaban J connectivity index is 2.39. The van der Waals surface area contributed by atoms with Crippen LogP contribution in [0.5, 0.6) is 0 Å². The maximum Gasteiger partial charge on any atom is 0.146 e. The number of nitrogens with zero attached hydrogens (tertiary/aromatic N) is 2. The Bertz CT molecular complexity index is 295. The van der Waals surface area contributed by atoms with E-state index < -0.39 is 5.60 Å². The molecule has 1 aromatic rings. The first-order valence-electron chi connectivity index (χ1n) is 4.51. The summed E-state index contributed by atoms with van der Waals surface area (Å²) in [6.45, 7) is 4.17. The first-order chi connectivity index (χ1) is 6.47. The molecule has 78 valence electrons. The normalized spacial score (nSPS) is 11.4. The molecule has 0 saturated carbocycles. The highest BCUT2D eigenvalue weighted by Gasteiger charge is 2.11. The second-order valence-corrected chi connectivity index (χ2v) is 3.82. The third-order valence-corrected chi connectivity index (χ3v) is 1.70. The van der Waals surface area contributed by atoms with Crippen LogP contribution in [-0.4, -0.2) is 27.2 Å². The summed E-state index contributed by atoms with van der Waals surface area (Å²) in [5.41, 5.74) is 4.79. The van der Waals surface area contributed by atoms with Gasteiger partial charge in [0.25, 0.3) is 0 Å². The van der Waals surface area contributed by atoms with Crippen molar-refractivity contribution in [3.63, 3.8) is 0 Å². The number of rotatable bonds is 4. The standard InChI is InChI=1S/C9H16N4O/c1-9(2,14)3-4-12-8-6-11-5-7(10)13-8/h5-6,14H,3-4H2,1-2H3,(H3,10,12,13). The maximum absolute atomic E-state index is 9.45. The molecule has 0 fully saturated rings. The molecule has 0 amide bonds. The van der Waals surface area contributed by atoms with Crippen molar-refractivity contribution in [1.29, 1.82) is 0 Å². The van der Waals surface area contributed by atoms with Crippen molar-refractivity contribution in [1.82, 2.24) is 9.97 Å². The third-order valence-electron chi connectivity index (χ3n) is 1.70. The van der Waals surface area contributed by atoms with Crippen LogP contribution in [0.1, 0.15) is 20.3 Å². The van der Waals surface area contributed by atoms with E-state index >= 15 is 0 Å². The summed E-state index contributed by atoms with van der Waals surface area (Å²) in [7, 11) is 0. The molecule has 1 rings (SSSR count). The van der Waals surface area contributed by atoms with Gasteiger partial charge < -0.3 is 16.2 Å². The molecule has 0 aliphatic heterocycles. The van der Waals surface area contributed by atoms with Gasteiger partial charge in [-0.25, -0.2) is 4.98 Å². The van der Waals surface area contributed by atoms with Crippen LogP contribution in [0.2, 0.25) is 0 Å². The van der Waals surface area contributed by atoms with Gasteiger partial charge in [0, 0.05) is 6.54 Å². The third kappa shape index (κ3) is 4.04. The highest BCUT2D eigenvalue weighted by atomic mass is 16.3. The molecule has 0 aliphatic carbocycles. The molecule has 1 heterocycles. The summed E-state index contributed by atoms with van der Waals surface area (Å²) in [4.78, 5) is 7.90. The number of aromatic nitrogens is 2. The van der Waals surface area contributed by atoms with Gasteiger partial charge in [0.05, 0.1) is 18.0 Å². The number of hydrogen-bond donors (Lipinski definition) is 3. The molecule has 14 heavy (non-hydrogen) atoms. The van der Waals surface area contributed by atoms with E-state index in [0.29, 0.717) is 24.6 Å². The van der Waals surface area contributed by atoms with E-state index in [0.717, 1.165) is 0 Å². The van der Waals surface area contributed by atoms with Crippen LogP contribution in [0.3, 0.4) is 0 Å². The topological polar surface area (TPSA) is 84.1 Å². The van der Waals surface area contributed by atoms with Crippen LogP contribution in [0.25, 0.3) is 0 Å². The van der Waals surface area contributed by atoms with E-state index in [1.165, 1.54) is 6.20 Å². The smallest absolute Gasteiger partial charge is 0.146 e. The Labute approximate surface area is 83.4 Å². The van der Waals surface area contributed by atoms with Gasteiger partial charge in [0.15, 0.2) is 0 Å². The van der Waals surface area contributed by atoms with Crippen molar-refractivity contribution in [2.45, 2.75) is 25.9 Å². The number of nitrogens with two attached hydrogens (primary N) is 1. The lowest BCUT2D eigenvalue weighted by Crippen LogP contribution is -2.22. The fourth-order valence-electron chi connectivity index (χ4n) is 0.963. The van der Waals surface area contributed by atoms with Crippen LogP contribution in [0, 0.1) is 0 Å². The second kappa shape index (κ2) is 4.23. The van der Waals surface area contributed by atoms with E-state index in [-0.39, 0.29) is 0 Å². The molecular formula is C9H16N4O. The molecule has 0 bridgehead atoms. The minimum absolute atomic E-state index is 0.387. The molecule has 5 nitrogen and oxygen atoms in total. The van der Waals surface area contributed by atoms with E-state index in [9.17, 15) is 5.11 Å². The number of anilines is 2. The van der Waals surface area contributed by atoms with E-state index in [4.69, 9.17) is 5.73 Å². The van der Waals surface area contributed by atoms with Crippen molar-refractivity contribution in [2.75, 3.05) is 17.6 Å². The van der Waals surface area contributed by atoms with Gasteiger partial charge in [-0.3, -0.25) is 4.98 Å². The molecule has 0 aromatic carbocycles. The quantitative estimate of drug-likeness (QED) is 0.657. The van der Waals surface area contributed by atoms with Crippen LogP contribution in [0.4, 0.5) is 11.6 Å². The van der Waals surface area contributed by atoms with E-state index in [2.05, 4.69) is 15.3 Å². The molecule has 0 saturated heterocycles. The summed E-state index contributed by atoms with van der Waals surface area (Å²) in [5.74, 6) is 1.02. The zero-order chi connectivity index (χ0) is 10.6. The predicted molar refractivity (Wildman–Crippen MR) is 55.8 cm³/mol. The molecule has 0 radical (unpaired) electrons. The molecule has 5 heteroatoms. The summed E-state index contributed by atoms with van der Waals surface area (Å²) in [5, 5.41) is 12.5. The summed E-state index contributed by atoms with van der Waals surface area (Å²) < 4.78 is 0. The van der Waals surface area contributed by atoms with Gasteiger partial charge >= 0.3 is 0 Å². The van der Waals surface area contributed by atoms with Gasteiger partial charge in [0.1, 0.15) is 11.6 Å². The van der Waals surface area contributed by atoms with Crippen LogP contribution in [0.15, 0.2) is 12.4 Å². The fourth-order valence-corrected chi connectivity index (χ4v) is 0.963. The first-order valence-corrected chi connectivity index (χ1v) is 4.51. The number of hydrogen-bond acceptors (Lipinski definition) is 5. The Morgan fingerprint density at radius 3 is 2.79 bits per heavy atom. The lowest BCUT2D eigenvalue weighted by atomic mass is 10.1. The van der Waals surface area contributed by atoms with Crippen LogP contribution in [-0.2, 0) is 0 Å². The molecule has 0 aliphatic rings. The highest BCUT2D eigenvalue weighted by Crippen LogP contribution is 2.08. The molecule has 4 N–H and O–H groups in total. The predicted octanol–water partition coefficient (Wildman–Crippen LogP) is 0.632. The second-order valence-electron chi connectivity index (χ2n) is 3.82. The van der Waals surface area contributed by atoms with Crippen LogP contribution >= 0.6 is 0 Å². The monoisotopic (exact) mass is 196 g/mol. The molecule has 0 atom stereocenters.